The molecule has 11 nitrogen and oxygen atoms in total. The molecule has 1 amide bonds. The van der Waals surface area contributed by atoms with Gasteiger partial charge in [-0.1, -0.05) is 12.6 Å². The zero-order valence-corrected chi connectivity index (χ0v) is 25.7. The molecule has 3 saturated heterocycles. The molecule has 3 atom stereocenters. The number of likely N-dealkylation sites (tertiary alicyclic amines) is 1. The first-order chi connectivity index (χ1) is 22.3. The number of piperidine rings is 1. The van der Waals surface area contributed by atoms with E-state index in [1.54, 1.807) is 13.2 Å². The highest BCUT2D eigenvalue weighted by molar-refractivity contribution is 6.02. The van der Waals surface area contributed by atoms with Crippen LogP contribution in [0, 0.1) is 11.6 Å². The van der Waals surface area contributed by atoms with Gasteiger partial charge < -0.3 is 35.4 Å². The molecule has 3 aromatic rings. The quantitative estimate of drug-likeness (QED) is 0.210. The predicted molar refractivity (Wildman–Crippen MR) is 172 cm³/mol. The molecule has 244 valence electrons. The number of aromatic nitrogens is 2. The Labute approximate surface area is 266 Å². The molecule has 3 fully saturated rings. The van der Waals surface area contributed by atoms with Crippen molar-refractivity contribution in [2.24, 2.45) is 0 Å². The summed E-state index contributed by atoms with van der Waals surface area (Å²) in [5, 5.41) is 19.0. The molecule has 0 unspecified atom stereocenters. The van der Waals surface area contributed by atoms with Crippen LogP contribution in [0.5, 0.6) is 5.75 Å². The molecule has 0 radical (unpaired) electrons. The molecular weight excluding hydrogens is 596 g/mol. The second-order valence-electron chi connectivity index (χ2n) is 11.8. The van der Waals surface area contributed by atoms with Crippen LogP contribution in [-0.2, 0) is 9.53 Å². The fraction of sp³-hybridized carbons (Fsp3) is 0.424. The second kappa shape index (κ2) is 14.0. The number of carbonyl (C=O) groups excluding carboxylic acids is 1. The topological polar surface area (TPSA) is 124 Å². The van der Waals surface area contributed by atoms with E-state index in [4.69, 9.17) is 9.47 Å². The van der Waals surface area contributed by atoms with Crippen molar-refractivity contribution >= 4 is 34.6 Å². The predicted octanol–water partition coefficient (Wildman–Crippen LogP) is 4.61. The molecule has 3 aliphatic rings. The summed E-state index contributed by atoms with van der Waals surface area (Å²) in [4.78, 5) is 26.0. The number of hydrogen-bond acceptors (Lipinski definition) is 10. The molecule has 2 bridgehead atoms. The van der Waals surface area contributed by atoms with Crippen LogP contribution in [0.3, 0.4) is 0 Å². The van der Waals surface area contributed by atoms with Crippen molar-refractivity contribution in [3.05, 3.63) is 72.6 Å². The average molecular weight is 636 g/mol. The van der Waals surface area contributed by atoms with Gasteiger partial charge in [0.1, 0.15) is 23.7 Å². The molecule has 4 N–H and O–H groups in total. The van der Waals surface area contributed by atoms with E-state index in [1.807, 2.05) is 12.1 Å². The first-order valence-electron chi connectivity index (χ1n) is 15.5. The SMILES string of the molecule is C=CC(=O)Nc1cc(Nc2cc(N[C@H](CCO)c3ccc(F)c(F)c3)ncn2)c(OC)cc1N1CCC(N2C[C@H]3C[C@@H]2CO3)CC1. The lowest BCUT2D eigenvalue weighted by atomic mass is 10.0. The Balaban J connectivity index is 1.21. The van der Waals surface area contributed by atoms with Gasteiger partial charge in [-0.05, 0) is 55.5 Å². The van der Waals surface area contributed by atoms with Gasteiger partial charge in [0.05, 0.1) is 42.9 Å². The normalized spacial score (nSPS) is 20.4. The first-order valence-corrected chi connectivity index (χ1v) is 15.5. The van der Waals surface area contributed by atoms with E-state index in [0.717, 1.165) is 63.3 Å². The minimum atomic E-state index is -0.972. The van der Waals surface area contributed by atoms with Crippen LogP contribution in [0.2, 0.25) is 0 Å². The summed E-state index contributed by atoms with van der Waals surface area (Å²) < 4.78 is 39.0. The highest BCUT2D eigenvalue weighted by Crippen LogP contribution is 2.40. The van der Waals surface area contributed by atoms with E-state index in [1.165, 1.54) is 18.5 Å². The van der Waals surface area contributed by atoms with Gasteiger partial charge in [-0.25, -0.2) is 18.7 Å². The van der Waals surface area contributed by atoms with Gasteiger partial charge in [-0.15, -0.1) is 0 Å². The van der Waals surface area contributed by atoms with Crippen LogP contribution in [0.15, 0.2) is 55.4 Å². The van der Waals surface area contributed by atoms with E-state index in [9.17, 15) is 18.7 Å². The van der Waals surface area contributed by atoms with E-state index < -0.39 is 17.7 Å². The molecule has 1 aromatic heterocycles. The maximum atomic E-state index is 13.9. The standard InChI is InChI=1S/C33H39F2N7O4/c1-3-33(44)40-27-14-28(30(45-2)15-29(27)41-9-6-21(7-10-41)42-17-23-13-22(42)18-46-23)39-32-16-31(36-19-37-32)38-26(8-11-43)20-4-5-24(34)25(35)12-20/h3-5,12,14-16,19,21-23,26,43H,1,6-11,13,17-18H2,2H3,(H,40,44)(H2,36,37,38,39)/t22-,23-,26-/m1/s1. The van der Waals surface area contributed by atoms with E-state index in [2.05, 4.69) is 42.3 Å². The molecule has 2 aromatic carbocycles. The van der Waals surface area contributed by atoms with Gasteiger partial charge >= 0.3 is 0 Å². The molecular formula is C33H39F2N7O4. The van der Waals surface area contributed by atoms with E-state index in [0.29, 0.717) is 52.5 Å². The zero-order chi connectivity index (χ0) is 32.2. The van der Waals surface area contributed by atoms with Crippen LogP contribution >= 0.6 is 0 Å². The summed E-state index contributed by atoms with van der Waals surface area (Å²) in [5.74, 6) is -0.881. The summed E-state index contributed by atoms with van der Waals surface area (Å²) in [6, 6.07) is 9.50. The molecule has 0 spiro atoms. The summed E-state index contributed by atoms with van der Waals surface area (Å²) in [5.41, 5.74) is 2.48. The maximum Gasteiger partial charge on any atom is 0.247 e. The van der Waals surface area contributed by atoms with Crippen molar-refractivity contribution < 1.29 is 28.2 Å². The average Bonchev–Trinajstić information content (AvgIpc) is 3.71. The third kappa shape index (κ3) is 6.91. The fourth-order valence-electron chi connectivity index (χ4n) is 6.70. The molecule has 4 heterocycles. The van der Waals surface area contributed by atoms with Crippen molar-refractivity contribution in [2.45, 2.75) is 49.9 Å². The number of benzene rings is 2. The highest BCUT2D eigenvalue weighted by atomic mass is 19.2. The number of nitrogens with zero attached hydrogens (tertiary/aromatic N) is 4. The van der Waals surface area contributed by atoms with Crippen molar-refractivity contribution in [1.29, 1.82) is 0 Å². The number of rotatable bonds is 12. The largest absolute Gasteiger partial charge is 0.494 e. The van der Waals surface area contributed by atoms with Crippen LogP contribution < -0.4 is 25.6 Å². The van der Waals surface area contributed by atoms with Gasteiger partial charge in [-0.3, -0.25) is 9.69 Å². The number of halogens is 2. The number of aliphatic hydroxyl groups excluding tert-OH is 1. The monoisotopic (exact) mass is 635 g/mol. The lowest BCUT2D eigenvalue weighted by Gasteiger charge is -2.41. The number of ether oxygens (including phenoxy) is 2. The summed E-state index contributed by atoms with van der Waals surface area (Å²) in [6.07, 6.45) is 6.36. The first kappa shape index (κ1) is 31.6. The van der Waals surface area contributed by atoms with Crippen molar-refractivity contribution in [1.82, 2.24) is 14.9 Å². The maximum absolute atomic E-state index is 13.9. The smallest absolute Gasteiger partial charge is 0.247 e. The minimum absolute atomic E-state index is 0.179. The number of methoxy groups -OCH3 is 1. The van der Waals surface area contributed by atoms with Crippen molar-refractivity contribution in [3.63, 3.8) is 0 Å². The Bertz CT molecular complexity index is 1570. The third-order valence-corrected chi connectivity index (χ3v) is 8.99. The molecule has 46 heavy (non-hydrogen) atoms. The highest BCUT2D eigenvalue weighted by Gasteiger charge is 2.42. The number of anilines is 5. The molecule has 3 aliphatic heterocycles. The van der Waals surface area contributed by atoms with E-state index in [-0.39, 0.29) is 18.9 Å². The minimum Gasteiger partial charge on any atom is -0.494 e. The van der Waals surface area contributed by atoms with Crippen molar-refractivity contribution in [3.8, 4) is 5.75 Å². The summed E-state index contributed by atoms with van der Waals surface area (Å²) in [7, 11) is 1.58. The van der Waals surface area contributed by atoms with Crippen LogP contribution in [0.1, 0.15) is 37.3 Å². The lowest BCUT2D eigenvalue weighted by Crippen LogP contribution is -2.49. The van der Waals surface area contributed by atoms with Crippen LogP contribution in [0.4, 0.5) is 37.5 Å². The van der Waals surface area contributed by atoms with Gasteiger partial charge in [0, 0.05) is 50.5 Å². The fourth-order valence-corrected chi connectivity index (χ4v) is 6.70. The third-order valence-electron chi connectivity index (χ3n) is 8.99. The van der Waals surface area contributed by atoms with E-state index >= 15 is 0 Å². The van der Waals surface area contributed by atoms with Crippen LogP contribution in [0.25, 0.3) is 0 Å². The number of amides is 1. The van der Waals surface area contributed by atoms with Gasteiger partial charge in [0.2, 0.25) is 5.91 Å². The number of nitrogens with one attached hydrogen (secondary N) is 3. The number of hydrogen-bond donors (Lipinski definition) is 4. The second-order valence-corrected chi connectivity index (χ2v) is 11.8. The Morgan fingerprint density at radius 1 is 1.13 bits per heavy atom. The number of carbonyl (C=O) groups is 1. The number of morpholine rings is 1. The summed E-state index contributed by atoms with van der Waals surface area (Å²) in [6.45, 7) is 6.94. The molecule has 6 rings (SSSR count). The Morgan fingerprint density at radius 3 is 2.61 bits per heavy atom. The number of fused-ring (bicyclic) bond motifs is 2. The zero-order valence-electron chi connectivity index (χ0n) is 25.7. The van der Waals surface area contributed by atoms with Crippen molar-refractivity contribution in [2.75, 3.05) is 60.8 Å². The van der Waals surface area contributed by atoms with Gasteiger partial charge in [-0.2, -0.15) is 0 Å². The Kier molecular flexibility index (Phi) is 9.61. The lowest BCUT2D eigenvalue weighted by molar-refractivity contribution is -0.111. The summed E-state index contributed by atoms with van der Waals surface area (Å²) >= 11 is 0. The number of aliphatic hydroxyl groups is 1. The van der Waals surface area contributed by atoms with Gasteiger partial charge in [0.25, 0.3) is 0 Å². The molecule has 0 aliphatic carbocycles. The Hall–Kier alpha value is -4.33. The molecule has 13 heteroatoms. The molecule has 0 saturated carbocycles. The van der Waals surface area contributed by atoms with Gasteiger partial charge in [0.15, 0.2) is 11.6 Å². The Morgan fingerprint density at radius 2 is 1.93 bits per heavy atom. The van der Waals surface area contributed by atoms with Crippen LogP contribution in [-0.4, -0.2) is 84.0 Å².